The van der Waals surface area contributed by atoms with Gasteiger partial charge < -0.3 is 20.7 Å². The predicted molar refractivity (Wildman–Crippen MR) is 130 cm³/mol. The molecule has 8 heteroatoms. The summed E-state index contributed by atoms with van der Waals surface area (Å²) in [7, 11) is 1.80. The zero-order chi connectivity index (χ0) is 20.4. The summed E-state index contributed by atoms with van der Waals surface area (Å²) >= 11 is 0. The largest absolute Gasteiger partial charge is 0.379 e. The quantitative estimate of drug-likeness (QED) is 0.281. The number of carbonyl (C=O) groups excluding carboxylic acids is 1. The van der Waals surface area contributed by atoms with Crippen molar-refractivity contribution in [2.24, 2.45) is 10.9 Å². The van der Waals surface area contributed by atoms with Crippen molar-refractivity contribution in [1.82, 2.24) is 15.5 Å². The van der Waals surface area contributed by atoms with Gasteiger partial charge in [-0.2, -0.15) is 0 Å². The Bertz CT molecular complexity index is 630. The van der Waals surface area contributed by atoms with E-state index in [0.717, 1.165) is 57.5 Å². The number of nitrogens with one attached hydrogen (secondary N) is 3. The molecule has 1 unspecified atom stereocenters. The van der Waals surface area contributed by atoms with E-state index in [2.05, 4.69) is 39.7 Å². The molecule has 7 nitrogen and oxygen atoms in total. The Morgan fingerprint density at radius 2 is 1.83 bits per heavy atom. The lowest BCUT2D eigenvalue weighted by molar-refractivity contribution is -0.114. The molecule has 1 heterocycles. The van der Waals surface area contributed by atoms with E-state index in [1.807, 2.05) is 24.3 Å². The Morgan fingerprint density at radius 3 is 2.38 bits per heavy atom. The van der Waals surface area contributed by atoms with E-state index in [4.69, 9.17) is 4.74 Å². The number of hydrogen-bond donors (Lipinski definition) is 3. The molecule has 1 atom stereocenters. The summed E-state index contributed by atoms with van der Waals surface area (Å²) in [6, 6.07) is 8.40. The summed E-state index contributed by atoms with van der Waals surface area (Å²) in [5.74, 6) is 1.33. The van der Waals surface area contributed by atoms with E-state index in [0.29, 0.717) is 12.0 Å². The summed E-state index contributed by atoms with van der Waals surface area (Å²) in [5.41, 5.74) is 2.04. The molecule has 1 fully saturated rings. The highest BCUT2D eigenvalue weighted by Crippen LogP contribution is 2.12. The normalized spacial score (nSPS) is 16.1. The lowest BCUT2D eigenvalue weighted by Crippen LogP contribution is -2.52. The van der Waals surface area contributed by atoms with E-state index in [9.17, 15) is 4.79 Å². The topological polar surface area (TPSA) is 78.0 Å². The number of aliphatic imine (C=N–C) groups is 1. The first-order chi connectivity index (χ1) is 13.5. The van der Waals surface area contributed by atoms with Gasteiger partial charge in [0.2, 0.25) is 5.91 Å². The van der Waals surface area contributed by atoms with Crippen molar-refractivity contribution in [2.45, 2.75) is 33.2 Å². The lowest BCUT2D eigenvalue weighted by atomic mass is 10.0. The SMILES string of the molecule is CN=C(NCCc1ccc(NC(C)=O)cc1)NCC(C(C)C)N1CCOCC1.I. The molecule has 1 aliphatic rings. The minimum absolute atomic E-state index is 0. The molecular formula is C21H36IN5O2. The Balaban J connectivity index is 0.00000420. The number of benzene rings is 1. The first-order valence-corrected chi connectivity index (χ1v) is 10.1. The number of carbonyl (C=O) groups is 1. The number of rotatable bonds is 8. The van der Waals surface area contributed by atoms with Crippen molar-refractivity contribution in [3.63, 3.8) is 0 Å². The van der Waals surface area contributed by atoms with Gasteiger partial charge in [-0.3, -0.25) is 14.7 Å². The Kier molecular flexibility index (Phi) is 12.2. The summed E-state index contributed by atoms with van der Waals surface area (Å²) < 4.78 is 5.48. The second-order valence-corrected chi connectivity index (χ2v) is 7.47. The van der Waals surface area contributed by atoms with Crippen molar-refractivity contribution in [3.05, 3.63) is 29.8 Å². The molecule has 0 spiro atoms. The zero-order valence-electron chi connectivity index (χ0n) is 18.0. The minimum Gasteiger partial charge on any atom is -0.379 e. The predicted octanol–water partition coefficient (Wildman–Crippen LogP) is 2.33. The van der Waals surface area contributed by atoms with E-state index in [1.54, 1.807) is 7.05 Å². The molecular weight excluding hydrogens is 481 g/mol. The van der Waals surface area contributed by atoms with Crippen molar-refractivity contribution in [2.75, 3.05) is 51.8 Å². The molecule has 1 aromatic rings. The molecule has 0 aromatic heterocycles. The van der Waals surface area contributed by atoms with Gasteiger partial charge in [-0.15, -0.1) is 24.0 Å². The van der Waals surface area contributed by atoms with Crippen LogP contribution < -0.4 is 16.0 Å². The smallest absolute Gasteiger partial charge is 0.221 e. The fourth-order valence-electron chi connectivity index (χ4n) is 3.40. The monoisotopic (exact) mass is 517 g/mol. The summed E-state index contributed by atoms with van der Waals surface area (Å²) in [6.45, 7) is 11.3. The van der Waals surface area contributed by atoms with Crippen LogP contribution in [0.25, 0.3) is 0 Å². The molecule has 0 aliphatic carbocycles. The average molecular weight is 517 g/mol. The fraction of sp³-hybridized carbons (Fsp3) is 0.619. The molecule has 1 aromatic carbocycles. The number of anilines is 1. The van der Waals surface area contributed by atoms with Crippen LogP contribution in [0, 0.1) is 5.92 Å². The van der Waals surface area contributed by atoms with Crippen LogP contribution >= 0.6 is 24.0 Å². The minimum atomic E-state index is -0.0546. The number of ether oxygens (including phenoxy) is 1. The molecule has 3 N–H and O–H groups in total. The van der Waals surface area contributed by atoms with Gasteiger partial charge in [0.05, 0.1) is 13.2 Å². The van der Waals surface area contributed by atoms with Gasteiger partial charge in [0.1, 0.15) is 0 Å². The third-order valence-corrected chi connectivity index (χ3v) is 4.97. The third kappa shape index (κ3) is 9.31. The maximum absolute atomic E-state index is 11.1. The van der Waals surface area contributed by atoms with Crippen molar-refractivity contribution < 1.29 is 9.53 Å². The Labute approximate surface area is 192 Å². The first-order valence-electron chi connectivity index (χ1n) is 10.1. The summed E-state index contributed by atoms with van der Waals surface area (Å²) in [5, 5.41) is 9.65. The van der Waals surface area contributed by atoms with E-state index >= 15 is 0 Å². The molecule has 29 heavy (non-hydrogen) atoms. The van der Waals surface area contributed by atoms with Crippen LogP contribution in [0.2, 0.25) is 0 Å². The van der Waals surface area contributed by atoms with Crippen LogP contribution in [0.4, 0.5) is 5.69 Å². The molecule has 0 radical (unpaired) electrons. The molecule has 0 bridgehead atoms. The number of nitrogens with zero attached hydrogens (tertiary/aromatic N) is 2. The third-order valence-electron chi connectivity index (χ3n) is 4.97. The van der Waals surface area contributed by atoms with E-state index in [1.165, 1.54) is 12.5 Å². The van der Waals surface area contributed by atoms with E-state index < -0.39 is 0 Å². The van der Waals surface area contributed by atoms with Gasteiger partial charge in [0.25, 0.3) is 0 Å². The van der Waals surface area contributed by atoms with Gasteiger partial charge >= 0.3 is 0 Å². The number of hydrogen-bond acceptors (Lipinski definition) is 4. The van der Waals surface area contributed by atoms with Crippen molar-refractivity contribution >= 4 is 41.5 Å². The highest BCUT2D eigenvalue weighted by atomic mass is 127. The Hall–Kier alpha value is -1.39. The molecule has 2 rings (SSSR count). The standard InChI is InChI=1S/C21H35N5O2.HI/c1-16(2)20(26-11-13-28-14-12-26)15-24-21(22-4)23-10-9-18-5-7-19(8-6-18)25-17(3)27;/h5-8,16,20H,9-15H2,1-4H3,(H,25,27)(H2,22,23,24);1H. The molecule has 0 saturated carbocycles. The van der Waals surface area contributed by atoms with Crippen LogP contribution in [0.3, 0.4) is 0 Å². The van der Waals surface area contributed by atoms with Crippen LogP contribution in [-0.4, -0.2) is 69.2 Å². The molecule has 164 valence electrons. The van der Waals surface area contributed by atoms with Crippen LogP contribution in [0.1, 0.15) is 26.3 Å². The van der Waals surface area contributed by atoms with Crippen LogP contribution in [-0.2, 0) is 16.0 Å². The van der Waals surface area contributed by atoms with Gasteiger partial charge in [-0.1, -0.05) is 26.0 Å². The van der Waals surface area contributed by atoms with Crippen molar-refractivity contribution in [1.29, 1.82) is 0 Å². The second kappa shape index (κ2) is 13.8. The molecule has 1 saturated heterocycles. The maximum atomic E-state index is 11.1. The lowest BCUT2D eigenvalue weighted by Gasteiger charge is -2.37. The molecule has 1 amide bonds. The molecule has 1 aliphatic heterocycles. The van der Waals surface area contributed by atoms with Gasteiger partial charge in [0, 0.05) is 51.9 Å². The van der Waals surface area contributed by atoms with Gasteiger partial charge in [-0.25, -0.2) is 0 Å². The highest BCUT2D eigenvalue weighted by molar-refractivity contribution is 14.0. The fourth-order valence-corrected chi connectivity index (χ4v) is 3.40. The highest BCUT2D eigenvalue weighted by Gasteiger charge is 2.23. The maximum Gasteiger partial charge on any atom is 0.221 e. The number of guanidine groups is 1. The number of morpholine rings is 1. The Morgan fingerprint density at radius 1 is 1.17 bits per heavy atom. The summed E-state index contributed by atoms with van der Waals surface area (Å²) in [6.07, 6.45) is 0.887. The van der Waals surface area contributed by atoms with Crippen LogP contribution in [0.15, 0.2) is 29.3 Å². The van der Waals surface area contributed by atoms with Crippen LogP contribution in [0.5, 0.6) is 0 Å². The number of amides is 1. The van der Waals surface area contributed by atoms with E-state index in [-0.39, 0.29) is 29.9 Å². The van der Waals surface area contributed by atoms with Crippen molar-refractivity contribution in [3.8, 4) is 0 Å². The second-order valence-electron chi connectivity index (χ2n) is 7.47. The summed E-state index contributed by atoms with van der Waals surface area (Å²) in [4.78, 5) is 17.9. The van der Waals surface area contributed by atoms with Gasteiger partial charge in [-0.05, 0) is 30.0 Å². The first kappa shape index (κ1) is 25.6. The average Bonchev–Trinajstić information content (AvgIpc) is 2.68. The zero-order valence-corrected chi connectivity index (χ0v) is 20.4. The van der Waals surface area contributed by atoms with Gasteiger partial charge in [0.15, 0.2) is 5.96 Å². The number of halogens is 1.